The number of rotatable bonds is 35. The van der Waals surface area contributed by atoms with Gasteiger partial charge in [-0.15, -0.1) is 0 Å². The fraction of sp³-hybridized carbons (Fsp3) is 0.900. The Hall–Kier alpha value is -0.690. The van der Waals surface area contributed by atoms with Gasteiger partial charge in [0.2, 0.25) is 0 Å². The maximum Gasteiger partial charge on any atom is 0.397 e. The first-order chi connectivity index (χ1) is 22.4. The first-order valence-corrected chi connectivity index (χ1v) is 21.2. The van der Waals surface area contributed by atoms with E-state index in [0.29, 0.717) is 0 Å². The Morgan fingerprint density at radius 2 is 0.783 bits per heavy atom. The second-order valence-electron chi connectivity index (χ2n) is 13.5. The van der Waals surface area contributed by atoms with Crippen molar-refractivity contribution in [3.8, 4) is 0 Å². The summed E-state index contributed by atoms with van der Waals surface area (Å²) in [7, 11) is -1.16. The molecule has 0 heterocycles. The minimum atomic E-state index is -4.16. The summed E-state index contributed by atoms with van der Waals surface area (Å²) in [6.07, 6.45) is 52.0. The van der Waals surface area contributed by atoms with E-state index in [4.69, 9.17) is 4.55 Å². The Balaban J connectivity index is 0. The van der Waals surface area contributed by atoms with E-state index in [1.807, 2.05) is 0 Å². The first-order valence-electron chi connectivity index (χ1n) is 19.9. The Bertz CT molecular complexity index is 681. The minimum absolute atomic E-state index is 0.870. The largest absolute Gasteiger partial charge is 0.397 e. The van der Waals surface area contributed by atoms with Crippen LogP contribution < -0.4 is 5.32 Å². The van der Waals surface area contributed by atoms with Crippen molar-refractivity contribution in [2.45, 2.75) is 206 Å². The van der Waals surface area contributed by atoms with Crippen LogP contribution in [0.15, 0.2) is 24.3 Å². The maximum absolute atomic E-state index is 9.33. The third-order valence-electron chi connectivity index (χ3n) is 8.95. The highest BCUT2D eigenvalue weighted by Gasteiger charge is 2.07. The van der Waals surface area contributed by atoms with Gasteiger partial charge in [0.25, 0.3) is 0 Å². The van der Waals surface area contributed by atoms with Gasteiger partial charge in [-0.25, -0.2) is 0 Å². The highest BCUT2D eigenvalue weighted by molar-refractivity contribution is 7.80. The smallest absolute Gasteiger partial charge is 0.319 e. The summed E-state index contributed by atoms with van der Waals surface area (Å²) in [6.45, 7) is 5.81. The van der Waals surface area contributed by atoms with Crippen LogP contribution in [0.5, 0.6) is 0 Å². The van der Waals surface area contributed by atoms with E-state index >= 15 is 0 Å². The SMILES string of the molecule is CCCCCCCC/C=C\CCCCCCCCC(CCCCCCCC/C=C\CCCCCCCC)CNC.COS(=O)(=O)O. The van der Waals surface area contributed by atoms with E-state index < -0.39 is 10.4 Å². The molecule has 0 unspecified atom stereocenters. The number of hydrogen-bond donors (Lipinski definition) is 2. The molecule has 2 N–H and O–H groups in total. The van der Waals surface area contributed by atoms with E-state index in [2.05, 4.69) is 54.7 Å². The molecule has 0 aliphatic heterocycles. The third kappa shape index (κ3) is 45.4. The minimum Gasteiger partial charge on any atom is -0.319 e. The summed E-state index contributed by atoms with van der Waals surface area (Å²) in [4.78, 5) is 0. The molecule has 0 saturated heterocycles. The van der Waals surface area contributed by atoms with Crippen LogP contribution in [0.1, 0.15) is 206 Å². The van der Waals surface area contributed by atoms with Crippen molar-refractivity contribution >= 4 is 10.4 Å². The third-order valence-corrected chi connectivity index (χ3v) is 9.37. The van der Waals surface area contributed by atoms with Crippen LogP contribution in [0.2, 0.25) is 0 Å². The van der Waals surface area contributed by atoms with Crippen molar-refractivity contribution in [2.24, 2.45) is 5.92 Å². The molecule has 46 heavy (non-hydrogen) atoms. The molecule has 0 atom stereocenters. The fourth-order valence-corrected chi connectivity index (χ4v) is 6.00. The molecule has 0 saturated carbocycles. The van der Waals surface area contributed by atoms with Gasteiger partial charge < -0.3 is 5.32 Å². The van der Waals surface area contributed by atoms with Crippen LogP contribution in [-0.4, -0.2) is 33.7 Å². The summed E-state index contributed by atoms with van der Waals surface area (Å²) < 4.78 is 29.7. The monoisotopic (exact) mass is 672 g/mol. The number of unbranched alkanes of at least 4 members (excludes halogenated alkanes) is 24. The van der Waals surface area contributed by atoms with E-state index in [-0.39, 0.29) is 0 Å². The Kier molecular flexibility index (Phi) is 41.7. The van der Waals surface area contributed by atoms with Crippen molar-refractivity contribution in [3.05, 3.63) is 24.3 Å². The summed E-state index contributed by atoms with van der Waals surface area (Å²) in [6, 6.07) is 0. The topological polar surface area (TPSA) is 75.6 Å². The average molecular weight is 672 g/mol. The molecule has 0 spiro atoms. The van der Waals surface area contributed by atoms with Crippen molar-refractivity contribution in [2.75, 3.05) is 20.7 Å². The van der Waals surface area contributed by atoms with Crippen molar-refractivity contribution < 1.29 is 17.2 Å². The normalized spacial score (nSPS) is 12.0. The average Bonchev–Trinajstić information content (AvgIpc) is 3.04. The Morgan fingerprint density at radius 3 is 1.04 bits per heavy atom. The predicted octanol–water partition coefficient (Wildman–Crippen LogP) is 13.1. The fourth-order valence-electron chi connectivity index (χ4n) is 6.00. The lowest BCUT2D eigenvalue weighted by Gasteiger charge is -2.16. The lowest BCUT2D eigenvalue weighted by atomic mass is 9.94. The molecule has 6 heteroatoms. The molecule has 5 nitrogen and oxygen atoms in total. The van der Waals surface area contributed by atoms with Crippen LogP contribution in [0.3, 0.4) is 0 Å². The summed E-state index contributed by atoms with van der Waals surface area (Å²) in [5.74, 6) is 0.901. The molecular weight excluding hydrogens is 591 g/mol. The number of allylic oxidation sites excluding steroid dienone is 4. The molecule has 0 rings (SSSR count). The number of nitrogens with one attached hydrogen (secondary N) is 1. The molecular formula is C40H81NO4S. The van der Waals surface area contributed by atoms with Gasteiger partial charge in [-0.05, 0) is 83.7 Å². The molecule has 0 bridgehead atoms. The molecule has 0 fully saturated rings. The highest BCUT2D eigenvalue weighted by atomic mass is 32.3. The van der Waals surface area contributed by atoms with Gasteiger partial charge in [-0.2, -0.15) is 8.42 Å². The standard InChI is InChI=1S/C39H77N.CH4O4S/c1-4-6-8-10-12-14-16-18-20-22-24-26-28-30-32-34-36-39(38-40-3)37-35-33-31-29-27-25-23-21-19-17-15-13-11-9-7-5-2;1-5-6(2,3)4/h18-21,39-40H,4-17,22-38H2,1-3H3;1H3,(H,2,3,4)/b20-18-,21-19-;. The van der Waals surface area contributed by atoms with E-state index in [1.54, 1.807) is 0 Å². The molecule has 276 valence electrons. The van der Waals surface area contributed by atoms with E-state index in [0.717, 1.165) is 13.0 Å². The Morgan fingerprint density at radius 1 is 0.522 bits per heavy atom. The summed E-state index contributed by atoms with van der Waals surface area (Å²) >= 11 is 0. The molecule has 0 radical (unpaired) electrons. The molecule has 0 aliphatic carbocycles. The van der Waals surface area contributed by atoms with Gasteiger partial charge in [0.05, 0.1) is 7.11 Å². The highest BCUT2D eigenvalue weighted by Crippen LogP contribution is 2.19. The molecule has 0 aromatic rings. The zero-order valence-electron chi connectivity index (χ0n) is 31.4. The molecule has 0 aromatic carbocycles. The maximum atomic E-state index is 9.33. The van der Waals surface area contributed by atoms with Gasteiger partial charge in [0.1, 0.15) is 0 Å². The van der Waals surface area contributed by atoms with Crippen molar-refractivity contribution in [1.82, 2.24) is 5.32 Å². The zero-order valence-corrected chi connectivity index (χ0v) is 32.2. The Labute approximate surface area is 289 Å². The van der Waals surface area contributed by atoms with Crippen LogP contribution in [-0.2, 0) is 14.6 Å². The zero-order chi connectivity index (χ0) is 34.2. The second-order valence-corrected chi connectivity index (χ2v) is 14.7. The van der Waals surface area contributed by atoms with Crippen molar-refractivity contribution in [1.29, 1.82) is 0 Å². The summed E-state index contributed by atoms with van der Waals surface area (Å²) in [5, 5.41) is 3.46. The van der Waals surface area contributed by atoms with Crippen LogP contribution in [0.25, 0.3) is 0 Å². The second kappa shape index (κ2) is 40.5. The van der Waals surface area contributed by atoms with E-state index in [9.17, 15) is 8.42 Å². The van der Waals surface area contributed by atoms with Crippen LogP contribution >= 0.6 is 0 Å². The van der Waals surface area contributed by atoms with E-state index in [1.165, 1.54) is 199 Å². The van der Waals surface area contributed by atoms with Crippen LogP contribution in [0.4, 0.5) is 0 Å². The molecule has 0 aromatic heterocycles. The summed E-state index contributed by atoms with van der Waals surface area (Å²) in [5.41, 5.74) is 0. The molecule has 0 amide bonds. The van der Waals surface area contributed by atoms with Gasteiger partial charge in [0, 0.05) is 0 Å². The molecule has 0 aliphatic rings. The van der Waals surface area contributed by atoms with Gasteiger partial charge in [-0.1, -0.05) is 167 Å². The van der Waals surface area contributed by atoms with Gasteiger partial charge in [0.15, 0.2) is 0 Å². The quantitative estimate of drug-likeness (QED) is 0.0398. The predicted molar refractivity (Wildman–Crippen MR) is 204 cm³/mol. The lowest BCUT2D eigenvalue weighted by Crippen LogP contribution is -2.18. The lowest BCUT2D eigenvalue weighted by molar-refractivity contribution is 0.324. The van der Waals surface area contributed by atoms with Crippen LogP contribution in [0, 0.1) is 5.92 Å². The van der Waals surface area contributed by atoms with Gasteiger partial charge in [-0.3, -0.25) is 8.74 Å². The number of hydrogen-bond acceptors (Lipinski definition) is 4. The van der Waals surface area contributed by atoms with Crippen molar-refractivity contribution in [3.63, 3.8) is 0 Å². The van der Waals surface area contributed by atoms with Gasteiger partial charge >= 0.3 is 10.4 Å². The first kappa shape index (κ1) is 47.4.